The summed E-state index contributed by atoms with van der Waals surface area (Å²) in [7, 11) is 0. The smallest absolute Gasteiger partial charge is 0.411 e. The van der Waals surface area contributed by atoms with Crippen molar-refractivity contribution in [3.8, 4) is 0 Å². The van der Waals surface area contributed by atoms with Crippen molar-refractivity contribution in [1.82, 2.24) is 4.90 Å². The van der Waals surface area contributed by atoms with Gasteiger partial charge in [0.25, 0.3) is 0 Å². The summed E-state index contributed by atoms with van der Waals surface area (Å²) in [6, 6.07) is -0.911. The van der Waals surface area contributed by atoms with Crippen LogP contribution < -0.4 is 0 Å². The molecule has 6 nitrogen and oxygen atoms in total. The zero-order valence-electron chi connectivity index (χ0n) is 14.6. The summed E-state index contributed by atoms with van der Waals surface area (Å²) in [6.45, 7) is 12.2. The number of hydrogen-bond acceptors (Lipinski definition) is 5. The van der Waals surface area contributed by atoms with Crippen LogP contribution in [0.25, 0.3) is 0 Å². The minimum atomic E-state index is -0.911. The average molecular weight is 313 g/mol. The number of carbonyl (C=O) groups excluding carboxylic acids is 3. The van der Waals surface area contributed by atoms with Gasteiger partial charge in [0.15, 0.2) is 5.78 Å². The first-order valence-corrected chi connectivity index (χ1v) is 7.61. The van der Waals surface area contributed by atoms with Gasteiger partial charge < -0.3 is 9.47 Å². The largest absolute Gasteiger partial charge is 0.458 e. The molecule has 2 atom stereocenters. The van der Waals surface area contributed by atoms with Gasteiger partial charge in [-0.15, -0.1) is 0 Å². The molecule has 0 saturated carbocycles. The number of ether oxygens (including phenoxy) is 2. The first-order chi connectivity index (χ1) is 9.85. The SMILES string of the molecule is CC[C@@H]1C(=O)CN(C(=O)OC(C)(C)C)[C@@H]1C(=O)OC(C)(C)C. The van der Waals surface area contributed by atoms with Crippen molar-refractivity contribution in [3.05, 3.63) is 0 Å². The maximum absolute atomic E-state index is 12.4. The van der Waals surface area contributed by atoms with Gasteiger partial charge in [-0.2, -0.15) is 0 Å². The molecule has 1 fully saturated rings. The summed E-state index contributed by atoms with van der Waals surface area (Å²) in [5, 5.41) is 0. The van der Waals surface area contributed by atoms with Gasteiger partial charge in [0.05, 0.1) is 12.5 Å². The standard InChI is InChI=1S/C16H27NO5/c1-8-10-11(18)9-17(14(20)22-16(5,6)7)12(10)13(19)21-15(2,3)4/h10,12H,8-9H2,1-7H3/t10-,12+/m1/s1. The average Bonchev–Trinajstić information content (AvgIpc) is 2.61. The van der Waals surface area contributed by atoms with Crippen molar-refractivity contribution in [2.45, 2.75) is 72.1 Å². The number of rotatable bonds is 2. The third-order valence-electron chi connectivity index (χ3n) is 3.17. The lowest BCUT2D eigenvalue weighted by atomic mass is 9.96. The van der Waals surface area contributed by atoms with Crippen molar-refractivity contribution in [2.75, 3.05) is 6.54 Å². The number of carbonyl (C=O) groups is 3. The molecule has 0 aromatic rings. The van der Waals surface area contributed by atoms with E-state index in [1.165, 1.54) is 4.90 Å². The van der Waals surface area contributed by atoms with Gasteiger partial charge in [-0.05, 0) is 48.0 Å². The van der Waals surface area contributed by atoms with Gasteiger partial charge >= 0.3 is 12.1 Å². The van der Waals surface area contributed by atoms with Gasteiger partial charge in [-0.1, -0.05) is 6.92 Å². The highest BCUT2D eigenvalue weighted by Crippen LogP contribution is 2.28. The summed E-state index contributed by atoms with van der Waals surface area (Å²) in [6.07, 6.45) is -0.185. The molecule has 1 aliphatic heterocycles. The Morgan fingerprint density at radius 3 is 2.00 bits per heavy atom. The summed E-state index contributed by atoms with van der Waals surface area (Å²) in [5.74, 6) is -1.23. The van der Waals surface area contributed by atoms with Crippen molar-refractivity contribution in [3.63, 3.8) is 0 Å². The Hall–Kier alpha value is -1.59. The fourth-order valence-corrected chi connectivity index (χ4v) is 2.38. The fraction of sp³-hybridized carbons (Fsp3) is 0.812. The zero-order valence-corrected chi connectivity index (χ0v) is 14.6. The maximum atomic E-state index is 12.4. The van der Waals surface area contributed by atoms with E-state index in [4.69, 9.17) is 9.47 Å². The van der Waals surface area contributed by atoms with E-state index in [0.29, 0.717) is 6.42 Å². The maximum Gasteiger partial charge on any atom is 0.411 e. The predicted molar refractivity (Wildman–Crippen MR) is 81.4 cm³/mol. The summed E-state index contributed by atoms with van der Waals surface area (Å²) >= 11 is 0. The number of hydrogen-bond donors (Lipinski definition) is 0. The number of ketones is 1. The van der Waals surface area contributed by atoms with Crippen molar-refractivity contribution in [1.29, 1.82) is 0 Å². The van der Waals surface area contributed by atoms with Gasteiger partial charge in [-0.25, -0.2) is 9.59 Å². The Labute approximate surface area is 132 Å². The second-order valence-corrected chi connectivity index (χ2v) is 7.57. The number of esters is 1. The number of Topliss-reactive ketones (excluding diaryl/α,β-unsaturated/α-hetero) is 1. The number of amides is 1. The Kier molecular flexibility index (Phi) is 5.25. The minimum Gasteiger partial charge on any atom is -0.458 e. The van der Waals surface area contributed by atoms with Gasteiger partial charge in [0.1, 0.15) is 17.2 Å². The van der Waals surface area contributed by atoms with Crippen molar-refractivity contribution >= 4 is 17.8 Å². The first kappa shape index (κ1) is 18.5. The lowest BCUT2D eigenvalue weighted by Crippen LogP contribution is -2.47. The molecule has 126 valence electrons. The van der Waals surface area contributed by atoms with Crippen LogP contribution in [-0.2, 0) is 19.1 Å². The van der Waals surface area contributed by atoms with Crippen LogP contribution in [0.2, 0.25) is 0 Å². The molecule has 1 rings (SSSR count). The molecule has 1 saturated heterocycles. The lowest BCUT2D eigenvalue weighted by molar-refractivity contribution is -0.161. The van der Waals surface area contributed by atoms with Gasteiger partial charge in [-0.3, -0.25) is 9.69 Å². The van der Waals surface area contributed by atoms with E-state index in [-0.39, 0.29) is 12.3 Å². The molecule has 22 heavy (non-hydrogen) atoms. The van der Waals surface area contributed by atoms with E-state index in [1.807, 2.05) is 6.92 Å². The van der Waals surface area contributed by atoms with E-state index in [2.05, 4.69) is 0 Å². The van der Waals surface area contributed by atoms with E-state index >= 15 is 0 Å². The van der Waals surface area contributed by atoms with Crippen molar-refractivity contribution in [2.24, 2.45) is 5.92 Å². The van der Waals surface area contributed by atoms with Crippen LogP contribution in [0.1, 0.15) is 54.9 Å². The highest BCUT2D eigenvalue weighted by molar-refractivity contribution is 5.97. The van der Waals surface area contributed by atoms with Crippen LogP contribution in [-0.4, -0.2) is 46.5 Å². The second kappa shape index (κ2) is 6.26. The Morgan fingerprint density at radius 2 is 1.59 bits per heavy atom. The number of likely N-dealkylation sites (tertiary alicyclic amines) is 1. The molecule has 0 aromatic carbocycles. The first-order valence-electron chi connectivity index (χ1n) is 7.61. The van der Waals surface area contributed by atoms with E-state index in [9.17, 15) is 14.4 Å². The molecular weight excluding hydrogens is 286 g/mol. The number of nitrogens with zero attached hydrogens (tertiary/aromatic N) is 1. The molecule has 0 N–H and O–H groups in total. The highest BCUT2D eigenvalue weighted by atomic mass is 16.6. The summed E-state index contributed by atoms with van der Waals surface area (Å²) in [5.41, 5.74) is -1.37. The topological polar surface area (TPSA) is 72.9 Å². The molecule has 1 aliphatic rings. The van der Waals surface area contributed by atoms with Crippen LogP contribution in [0.4, 0.5) is 4.79 Å². The monoisotopic (exact) mass is 313 g/mol. The zero-order chi connectivity index (χ0) is 17.3. The second-order valence-electron chi connectivity index (χ2n) is 7.57. The fourth-order valence-electron chi connectivity index (χ4n) is 2.38. The third kappa shape index (κ3) is 4.71. The molecule has 0 spiro atoms. The lowest BCUT2D eigenvalue weighted by Gasteiger charge is -2.30. The van der Waals surface area contributed by atoms with E-state index in [0.717, 1.165) is 0 Å². The molecule has 6 heteroatoms. The van der Waals surface area contributed by atoms with Crippen LogP contribution in [0.5, 0.6) is 0 Å². The molecule has 0 aliphatic carbocycles. The molecule has 0 bridgehead atoms. The summed E-state index contributed by atoms with van der Waals surface area (Å²) in [4.78, 5) is 38.0. The van der Waals surface area contributed by atoms with Gasteiger partial charge in [0, 0.05) is 0 Å². The highest BCUT2D eigenvalue weighted by Gasteiger charge is 2.49. The Bertz CT molecular complexity index is 458. The quantitative estimate of drug-likeness (QED) is 0.733. The van der Waals surface area contributed by atoms with Crippen LogP contribution in [0.15, 0.2) is 0 Å². The Balaban J connectivity index is 3.01. The van der Waals surface area contributed by atoms with E-state index in [1.54, 1.807) is 41.5 Å². The molecule has 0 radical (unpaired) electrons. The molecule has 1 heterocycles. The Morgan fingerprint density at radius 1 is 1.09 bits per heavy atom. The molecule has 0 aromatic heterocycles. The molecular formula is C16H27NO5. The minimum absolute atomic E-state index is 0.114. The van der Waals surface area contributed by atoms with Crippen LogP contribution in [0.3, 0.4) is 0 Å². The van der Waals surface area contributed by atoms with Crippen molar-refractivity contribution < 1.29 is 23.9 Å². The van der Waals surface area contributed by atoms with Crippen LogP contribution >= 0.6 is 0 Å². The summed E-state index contributed by atoms with van der Waals surface area (Å²) < 4.78 is 10.7. The predicted octanol–water partition coefficient (Wildman–Crippen LogP) is 2.54. The van der Waals surface area contributed by atoms with Gasteiger partial charge in [0.2, 0.25) is 0 Å². The third-order valence-corrected chi connectivity index (χ3v) is 3.17. The van der Waals surface area contributed by atoms with Crippen LogP contribution in [0, 0.1) is 5.92 Å². The normalized spacial score (nSPS) is 22.7. The molecule has 1 amide bonds. The molecule has 0 unspecified atom stereocenters. The van der Waals surface area contributed by atoms with E-state index < -0.39 is 35.2 Å².